The zero-order valence-electron chi connectivity index (χ0n) is 13.5. The average Bonchev–Trinajstić information content (AvgIpc) is 2.69. The summed E-state index contributed by atoms with van der Waals surface area (Å²) in [6.07, 6.45) is 1.81. The standard InChI is InChI=1S/C23H16N.Ir/c1-2-9-18(10-3-1)21-13-4-5-14-22(21)19-11-8-12-20(17-19)23-15-6-7-16-24-23;/h1-11,13-17H;/q-1;. The number of pyridine rings is 1. The second-order valence-corrected chi connectivity index (χ2v) is 5.62. The van der Waals surface area contributed by atoms with Gasteiger partial charge in [-0.05, 0) is 28.5 Å². The molecule has 0 atom stereocenters. The second-order valence-electron chi connectivity index (χ2n) is 5.62. The predicted molar refractivity (Wildman–Crippen MR) is 99.4 cm³/mol. The third kappa shape index (κ3) is 3.76. The van der Waals surface area contributed by atoms with Crippen molar-refractivity contribution >= 4 is 0 Å². The fourth-order valence-corrected chi connectivity index (χ4v) is 2.91. The van der Waals surface area contributed by atoms with Gasteiger partial charge in [-0.15, -0.1) is 35.4 Å². The van der Waals surface area contributed by atoms with Crippen molar-refractivity contribution in [1.82, 2.24) is 4.98 Å². The van der Waals surface area contributed by atoms with E-state index < -0.39 is 0 Å². The third-order valence-corrected chi connectivity index (χ3v) is 4.07. The van der Waals surface area contributed by atoms with E-state index in [2.05, 4.69) is 71.7 Å². The zero-order chi connectivity index (χ0) is 16.2. The molecule has 0 N–H and O–H groups in total. The van der Waals surface area contributed by atoms with E-state index in [1.54, 1.807) is 0 Å². The summed E-state index contributed by atoms with van der Waals surface area (Å²) in [5.74, 6) is 0. The molecule has 4 rings (SSSR count). The fraction of sp³-hybridized carbons (Fsp3) is 0. The number of aromatic nitrogens is 1. The summed E-state index contributed by atoms with van der Waals surface area (Å²) in [6.45, 7) is 0. The van der Waals surface area contributed by atoms with Gasteiger partial charge in [-0.2, -0.15) is 0 Å². The molecule has 0 unspecified atom stereocenters. The first-order chi connectivity index (χ1) is 11.9. The minimum Gasteiger partial charge on any atom is -0.305 e. The van der Waals surface area contributed by atoms with E-state index in [0.717, 1.165) is 11.3 Å². The van der Waals surface area contributed by atoms with Crippen LogP contribution in [0, 0.1) is 6.07 Å². The molecule has 0 amide bonds. The Morgan fingerprint density at radius 1 is 0.640 bits per heavy atom. The minimum atomic E-state index is 0. The van der Waals surface area contributed by atoms with Crippen molar-refractivity contribution in [2.24, 2.45) is 0 Å². The van der Waals surface area contributed by atoms with Crippen LogP contribution in [-0.4, -0.2) is 4.98 Å². The monoisotopic (exact) mass is 499 g/mol. The molecule has 1 nitrogen and oxygen atoms in total. The molecule has 1 aromatic heterocycles. The molecule has 0 fully saturated rings. The minimum absolute atomic E-state index is 0. The SMILES string of the molecule is [Ir].[c-]1ccc(-c2ccccc2-c2ccccc2)cc1-c1ccccn1. The number of benzene rings is 3. The van der Waals surface area contributed by atoms with Crippen molar-refractivity contribution in [3.63, 3.8) is 0 Å². The Morgan fingerprint density at radius 3 is 2.04 bits per heavy atom. The molecule has 0 saturated carbocycles. The van der Waals surface area contributed by atoms with E-state index in [1.165, 1.54) is 22.3 Å². The van der Waals surface area contributed by atoms with E-state index in [0.29, 0.717) is 0 Å². The maximum Gasteiger partial charge on any atom is 0.0160 e. The smallest absolute Gasteiger partial charge is 0.0160 e. The summed E-state index contributed by atoms with van der Waals surface area (Å²) in [4.78, 5) is 4.43. The van der Waals surface area contributed by atoms with Crippen LogP contribution in [0.5, 0.6) is 0 Å². The molecule has 25 heavy (non-hydrogen) atoms. The van der Waals surface area contributed by atoms with Crippen LogP contribution < -0.4 is 0 Å². The molecule has 0 bridgehead atoms. The molecule has 4 aromatic rings. The summed E-state index contributed by atoms with van der Waals surface area (Å²) in [7, 11) is 0. The maximum atomic E-state index is 4.43. The molecule has 3 aromatic carbocycles. The molecule has 0 aliphatic rings. The van der Waals surface area contributed by atoms with Crippen LogP contribution in [0.3, 0.4) is 0 Å². The van der Waals surface area contributed by atoms with E-state index >= 15 is 0 Å². The van der Waals surface area contributed by atoms with Gasteiger partial charge in [-0.1, -0.05) is 66.7 Å². The first kappa shape index (κ1) is 17.3. The molecule has 1 radical (unpaired) electrons. The fourth-order valence-electron chi connectivity index (χ4n) is 2.91. The molecule has 0 aliphatic carbocycles. The maximum absolute atomic E-state index is 4.43. The molecule has 0 saturated heterocycles. The summed E-state index contributed by atoms with van der Waals surface area (Å²) in [5.41, 5.74) is 6.80. The quantitative estimate of drug-likeness (QED) is 0.322. The van der Waals surface area contributed by atoms with Crippen LogP contribution in [0.1, 0.15) is 0 Å². The van der Waals surface area contributed by atoms with E-state index in [4.69, 9.17) is 0 Å². The Labute approximate surface area is 161 Å². The molecule has 0 spiro atoms. The van der Waals surface area contributed by atoms with Crippen LogP contribution in [-0.2, 0) is 20.1 Å². The third-order valence-electron chi connectivity index (χ3n) is 4.07. The molecular formula is C23H16IrN-. The van der Waals surface area contributed by atoms with Crippen LogP contribution in [0.2, 0.25) is 0 Å². The van der Waals surface area contributed by atoms with Crippen LogP contribution >= 0.6 is 0 Å². The van der Waals surface area contributed by atoms with Crippen molar-refractivity contribution in [3.8, 4) is 33.5 Å². The van der Waals surface area contributed by atoms with Gasteiger partial charge in [0.15, 0.2) is 0 Å². The Hall–Kier alpha value is -2.54. The van der Waals surface area contributed by atoms with E-state index in [1.807, 2.05) is 36.5 Å². The molecule has 0 aliphatic heterocycles. The Bertz CT molecular complexity index is 950. The van der Waals surface area contributed by atoms with Crippen LogP contribution in [0.25, 0.3) is 33.5 Å². The summed E-state index contributed by atoms with van der Waals surface area (Å²) in [5, 5.41) is 0. The zero-order valence-corrected chi connectivity index (χ0v) is 15.9. The van der Waals surface area contributed by atoms with Crippen molar-refractivity contribution in [1.29, 1.82) is 0 Å². The molecule has 123 valence electrons. The molecule has 1 heterocycles. The van der Waals surface area contributed by atoms with Gasteiger partial charge in [-0.3, -0.25) is 0 Å². The number of hydrogen-bond acceptors (Lipinski definition) is 1. The molecular weight excluding hydrogens is 482 g/mol. The van der Waals surface area contributed by atoms with Gasteiger partial charge in [0.05, 0.1) is 0 Å². The average molecular weight is 499 g/mol. The largest absolute Gasteiger partial charge is 0.305 e. The van der Waals surface area contributed by atoms with E-state index in [-0.39, 0.29) is 20.1 Å². The molecule has 2 heteroatoms. The predicted octanol–water partition coefficient (Wildman–Crippen LogP) is 5.88. The van der Waals surface area contributed by atoms with E-state index in [9.17, 15) is 0 Å². The van der Waals surface area contributed by atoms with Crippen LogP contribution in [0.4, 0.5) is 0 Å². The first-order valence-corrected chi connectivity index (χ1v) is 8.00. The topological polar surface area (TPSA) is 12.9 Å². The first-order valence-electron chi connectivity index (χ1n) is 8.00. The summed E-state index contributed by atoms with van der Waals surface area (Å²) >= 11 is 0. The van der Waals surface area contributed by atoms with Crippen molar-refractivity contribution in [2.45, 2.75) is 0 Å². The summed E-state index contributed by atoms with van der Waals surface area (Å²) < 4.78 is 0. The van der Waals surface area contributed by atoms with Crippen molar-refractivity contribution < 1.29 is 20.1 Å². The van der Waals surface area contributed by atoms with Crippen molar-refractivity contribution in [3.05, 3.63) is 103 Å². The number of hydrogen-bond donors (Lipinski definition) is 0. The van der Waals surface area contributed by atoms with Gasteiger partial charge in [0.1, 0.15) is 0 Å². The second kappa shape index (κ2) is 8.02. The van der Waals surface area contributed by atoms with Gasteiger partial charge in [0, 0.05) is 26.3 Å². The van der Waals surface area contributed by atoms with Crippen molar-refractivity contribution in [2.75, 3.05) is 0 Å². The Kier molecular flexibility index (Phi) is 5.55. The van der Waals surface area contributed by atoms with Gasteiger partial charge in [0.2, 0.25) is 0 Å². The van der Waals surface area contributed by atoms with Crippen LogP contribution in [0.15, 0.2) is 97.2 Å². The normalized spacial score (nSPS) is 10.1. The van der Waals surface area contributed by atoms with Gasteiger partial charge in [0.25, 0.3) is 0 Å². The van der Waals surface area contributed by atoms with Gasteiger partial charge >= 0.3 is 0 Å². The van der Waals surface area contributed by atoms with Gasteiger partial charge in [-0.25, -0.2) is 0 Å². The Morgan fingerprint density at radius 2 is 1.32 bits per heavy atom. The number of nitrogens with zero attached hydrogens (tertiary/aromatic N) is 1. The summed E-state index contributed by atoms with van der Waals surface area (Å²) in [6, 6.07) is 34.5. The number of rotatable bonds is 3. The van der Waals surface area contributed by atoms with Gasteiger partial charge < -0.3 is 4.98 Å². The Balaban J connectivity index is 0.00000182.